The molecule has 0 spiro atoms. The van der Waals surface area contributed by atoms with Crippen LogP contribution in [0.3, 0.4) is 0 Å². The first kappa shape index (κ1) is 35.1. The molecule has 0 aliphatic carbocycles. The monoisotopic (exact) mass is 489 g/mol. The molecule has 13 heteroatoms. The van der Waals surface area contributed by atoms with Crippen molar-refractivity contribution >= 4 is 27.7 Å². The molecule has 176 valence electrons. The first-order chi connectivity index (χ1) is 13.9. The molecule has 0 heterocycles. The van der Waals surface area contributed by atoms with Crippen LogP contribution in [0.4, 0.5) is 0 Å². The van der Waals surface area contributed by atoms with E-state index >= 15 is 0 Å². The number of rotatable bonds is 16. The molecule has 0 unspecified atom stereocenters. The maximum atomic E-state index is 11.5. The normalized spacial score (nSPS) is 10.9. The van der Waals surface area contributed by atoms with Gasteiger partial charge in [0.1, 0.15) is 0 Å². The van der Waals surface area contributed by atoms with Crippen molar-refractivity contribution in [2.45, 2.75) is 0 Å². The Kier molecular flexibility index (Phi) is 22.8. The van der Waals surface area contributed by atoms with Gasteiger partial charge in [-0.05, 0) is 0 Å². The van der Waals surface area contributed by atoms with Gasteiger partial charge in [-0.1, -0.05) is 6.58 Å². The van der Waals surface area contributed by atoms with Crippen molar-refractivity contribution in [2.24, 2.45) is 0 Å². The third-order valence-corrected chi connectivity index (χ3v) is 5.02. The molecule has 0 rings (SSSR count). The summed E-state index contributed by atoms with van der Waals surface area (Å²) in [6.45, 7) is 15.5. The third-order valence-electron chi connectivity index (χ3n) is 3.76. The third kappa shape index (κ3) is 24.0. The summed E-state index contributed by atoms with van der Waals surface area (Å²) in [4.78, 5) is 35.8. The molecule has 0 saturated heterocycles. The summed E-state index contributed by atoms with van der Waals surface area (Å²) < 4.78 is 23.0. The number of carboxylic acids is 3. The predicted octanol–water partition coefficient (Wildman–Crippen LogP) is -3.80. The van der Waals surface area contributed by atoms with Gasteiger partial charge in [-0.25, -0.2) is 8.42 Å². The average Bonchev–Trinajstić information content (AvgIpc) is 2.63. The quantitative estimate of drug-likeness (QED) is 0.144. The van der Waals surface area contributed by atoms with E-state index in [1.54, 1.807) is 9.80 Å². The van der Waals surface area contributed by atoms with Gasteiger partial charge in [-0.3, -0.25) is 26.2 Å². The van der Waals surface area contributed by atoms with Crippen LogP contribution < -0.4 is 51.4 Å². The first-order valence-corrected chi connectivity index (χ1v) is 10.7. The molecule has 0 amide bonds. The number of sulfone groups is 1. The molecular weight excluding hydrogens is 457 g/mol. The van der Waals surface area contributed by atoms with Gasteiger partial charge in [-0.15, -0.1) is 13.1 Å². The zero-order valence-electron chi connectivity index (χ0n) is 18.1. The van der Waals surface area contributed by atoms with Crippen LogP contribution in [0.2, 0.25) is 0 Å². The van der Waals surface area contributed by atoms with Crippen LogP contribution in [0.1, 0.15) is 0 Å². The fourth-order valence-corrected chi connectivity index (χ4v) is 2.84. The van der Waals surface area contributed by atoms with Crippen molar-refractivity contribution in [1.82, 2.24) is 14.7 Å². The van der Waals surface area contributed by atoms with E-state index in [4.69, 9.17) is 20.1 Å². The zero-order valence-corrected chi connectivity index (χ0v) is 22.0. The SMILES string of the molecule is C=CS(=O)(=O)CCN(C[CH2-])CCN(CCN(C[CH2-])CC(=O)O)CC(=O)O.[CH2-]C(=O)O.[K+]. The van der Waals surface area contributed by atoms with E-state index in [1.807, 2.05) is 4.90 Å². The van der Waals surface area contributed by atoms with E-state index in [0.717, 1.165) is 5.41 Å². The van der Waals surface area contributed by atoms with Crippen LogP contribution in [0.25, 0.3) is 0 Å². The maximum Gasteiger partial charge on any atom is 1.00 e. The summed E-state index contributed by atoms with van der Waals surface area (Å²) in [6.07, 6.45) is 0. The largest absolute Gasteiger partial charge is 1.00 e. The Morgan fingerprint density at radius 2 is 1.16 bits per heavy atom. The van der Waals surface area contributed by atoms with Crippen molar-refractivity contribution in [2.75, 3.05) is 64.7 Å². The topological polar surface area (TPSA) is 156 Å². The van der Waals surface area contributed by atoms with Crippen LogP contribution in [0, 0.1) is 20.8 Å². The smallest absolute Gasteiger partial charge is 0.503 e. The molecule has 0 aliphatic heterocycles. The second kappa shape index (κ2) is 20.1. The molecule has 0 aliphatic rings. The number of hydrogen-bond acceptors (Lipinski definition) is 8. The van der Waals surface area contributed by atoms with E-state index in [0.29, 0.717) is 39.3 Å². The molecule has 0 bridgehead atoms. The summed E-state index contributed by atoms with van der Waals surface area (Å²) in [5, 5.41) is 26.1. The Bertz CT molecular complexity index is 642. The fourth-order valence-electron chi connectivity index (χ4n) is 2.16. The predicted molar refractivity (Wildman–Crippen MR) is 112 cm³/mol. The minimum Gasteiger partial charge on any atom is -0.503 e. The van der Waals surface area contributed by atoms with Crippen LogP contribution >= 0.6 is 0 Å². The summed E-state index contributed by atoms with van der Waals surface area (Å²) in [6, 6.07) is 0. The van der Waals surface area contributed by atoms with Gasteiger partial charge >= 0.3 is 63.3 Å². The molecule has 0 aromatic heterocycles. The summed E-state index contributed by atoms with van der Waals surface area (Å²) in [5.41, 5.74) is 0. The average molecular weight is 490 g/mol. The van der Waals surface area contributed by atoms with E-state index in [-0.39, 0.29) is 76.8 Å². The Balaban J connectivity index is -0.00000143. The number of carbonyl (C=O) groups is 3. The van der Waals surface area contributed by atoms with E-state index in [9.17, 15) is 18.0 Å². The van der Waals surface area contributed by atoms with Crippen LogP contribution in [-0.4, -0.2) is 121 Å². The summed E-state index contributed by atoms with van der Waals surface area (Å²) in [7, 11) is -3.30. The van der Waals surface area contributed by atoms with Gasteiger partial charge in [0.2, 0.25) is 0 Å². The fraction of sp³-hybridized carbons (Fsp3) is 0.556. The Morgan fingerprint density at radius 3 is 1.52 bits per heavy atom. The van der Waals surface area contributed by atoms with Crippen molar-refractivity contribution in [3.63, 3.8) is 0 Å². The van der Waals surface area contributed by atoms with Gasteiger partial charge in [0.25, 0.3) is 0 Å². The molecule has 0 aromatic rings. The van der Waals surface area contributed by atoms with Gasteiger partial charge in [0.15, 0.2) is 15.8 Å². The van der Waals surface area contributed by atoms with Gasteiger partial charge in [-0.2, -0.15) is 0 Å². The Morgan fingerprint density at radius 1 is 0.806 bits per heavy atom. The number of carboxylic acid groups (broad SMARTS) is 3. The van der Waals surface area contributed by atoms with Gasteiger partial charge < -0.3 is 39.0 Å². The molecule has 11 nitrogen and oxygen atoms in total. The second-order valence-corrected chi connectivity index (χ2v) is 8.18. The van der Waals surface area contributed by atoms with Crippen molar-refractivity contribution in [3.8, 4) is 0 Å². The number of aliphatic carboxylic acids is 3. The van der Waals surface area contributed by atoms with E-state index in [2.05, 4.69) is 27.4 Å². The van der Waals surface area contributed by atoms with Crippen LogP contribution in [0.5, 0.6) is 0 Å². The maximum absolute atomic E-state index is 11.5. The molecule has 0 fully saturated rings. The van der Waals surface area contributed by atoms with Crippen molar-refractivity contribution in [3.05, 3.63) is 32.8 Å². The first-order valence-electron chi connectivity index (χ1n) is 8.96. The molecule has 3 N–H and O–H groups in total. The number of nitrogens with zero attached hydrogens (tertiary/aromatic N) is 3. The van der Waals surface area contributed by atoms with Crippen molar-refractivity contribution < 1.29 is 89.5 Å². The summed E-state index contributed by atoms with van der Waals surface area (Å²) >= 11 is 0. The van der Waals surface area contributed by atoms with Crippen LogP contribution in [-0.2, 0) is 24.2 Å². The minimum absolute atomic E-state index is 0. The Labute approximate surface area is 227 Å². The molecule has 0 aromatic carbocycles. The number of hydrogen-bond donors (Lipinski definition) is 3. The molecule has 0 atom stereocenters. The summed E-state index contributed by atoms with van der Waals surface area (Å²) in [5.74, 6) is -3.11. The molecule has 0 radical (unpaired) electrons. The molecule has 0 saturated carbocycles. The Hall–Kier alpha value is -0.514. The van der Waals surface area contributed by atoms with Crippen LogP contribution in [0.15, 0.2) is 12.0 Å². The molecular formula is C18H32KN3O8S-2. The van der Waals surface area contributed by atoms with Gasteiger partial charge in [0.05, 0.1) is 18.8 Å². The molecule has 31 heavy (non-hydrogen) atoms. The van der Waals surface area contributed by atoms with E-state index < -0.39 is 27.7 Å². The zero-order chi connectivity index (χ0) is 23.7. The second-order valence-electron chi connectivity index (χ2n) is 6.11. The van der Waals surface area contributed by atoms with Gasteiger partial charge in [0, 0.05) is 38.1 Å². The standard InChI is InChI=1S/C16H29N3O6S.C2H3O2.K/c1-4-17(11-12-26(24,25)6-3)7-9-19(14-16(22)23)10-8-18(5-2)13-15(20)21;1-2(3)4;/h6H,1-5,7-14H2,(H,20,21)(H,22,23);1H2,(H,3,4);/q-2;-1;+1. The van der Waals surface area contributed by atoms with Crippen molar-refractivity contribution in [1.29, 1.82) is 0 Å². The minimum atomic E-state index is -3.30. The van der Waals surface area contributed by atoms with E-state index in [1.165, 1.54) is 0 Å².